The summed E-state index contributed by atoms with van der Waals surface area (Å²) in [5.74, 6) is -0.356. The number of pyridine rings is 1. The van der Waals surface area contributed by atoms with Gasteiger partial charge >= 0.3 is 6.09 Å². The van der Waals surface area contributed by atoms with Crippen molar-refractivity contribution in [2.24, 2.45) is 0 Å². The van der Waals surface area contributed by atoms with Gasteiger partial charge in [0.1, 0.15) is 23.8 Å². The average Bonchev–Trinajstić information content (AvgIpc) is 2.67. The van der Waals surface area contributed by atoms with Crippen molar-refractivity contribution in [1.82, 2.24) is 9.88 Å². The van der Waals surface area contributed by atoms with Crippen molar-refractivity contribution in [3.05, 3.63) is 59.7 Å². The number of carbonyl (C=O) groups excluding carboxylic acids is 1. The summed E-state index contributed by atoms with van der Waals surface area (Å²) >= 11 is 0. The van der Waals surface area contributed by atoms with E-state index in [0.29, 0.717) is 36.9 Å². The first-order chi connectivity index (χ1) is 12.9. The SMILES string of the molecule is CN(C(=O)OCc1ccccc1F)C1CCC(O)(c2ccc(O)cn2)CC1. The Morgan fingerprint density at radius 2 is 2.00 bits per heavy atom. The van der Waals surface area contributed by atoms with Crippen molar-refractivity contribution in [3.8, 4) is 5.75 Å². The van der Waals surface area contributed by atoms with Crippen LogP contribution in [0.1, 0.15) is 36.9 Å². The Balaban J connectivity index is 1.54. The van der Waals surface area contributed by atoms with Gasteiger partial charge in [-0.25, -0.2) is 9.18 Å². The molecule has 0 unspecified atom stereocenters. The number of hydrogen-bond acceptors (Lipinski definition) is 5. The lowest BCUT2D eigenvalue weighted by atomic mass is 9.79. The predicted octanol–water partition coefficient (Wildman–Crippen LogP) is 3.33. The van der Waals surface area contributed by atoms with Crippen molar-refractivity contribution in [1.29, 1.82) is 0 Å². The fourth-order valence-electron chi connectivity index (χ4n) is 3.39. The van der Waals surface area contributed by atoms with Gasteiger partial charge in [-0.3, -0.25) is 4.98 Å². The van der Waals surface area contributed by atoms with Crippen LogP contribution in [0.4, 0.5) is 9.18 Å². The van der Waals surface area contributed by atoms with Crippen LogP contribution >= 0.6 is 0 Å². The highest BCUT2D eigenvalue weighted by Crippen LogP contribution is 2.37. The third-order valence-electron chi connectivity index (χ3n) is 5.15. The first kappa shape index (κ1) is 19.1. The molecule has 1 aliphatic rings. The van der Waals surface area contributed by atoms with Crippen LogP contribution in [0.5, 0.6) is 5.75 Å². The Hall–Kier alpha value is -2.67. The number of halogens is 1. The largest absolute Gasteiger partial charge is 0.506 e. The molecule has 1 heterocycles. The number of nitrogens with zero attached hydrogens (tertiary/aromatic N) is 2. The molecular formula is C20H23FN2O4. The number of carbonyl (C=O) groups is 1. The van der Waals surface area contributed by atoms with E-state index in [1.165, 1.54) is 23.2 Å². The minimum atomic E-state index is -1.07. The summed E-state index contributed by atoms with van der Waals surface area (Å²) in [4.78, 5) is 17.9. The molecule has 144 valence electrons. The van der Waals surface area contributed by atoms with E-state index in [4.69, 9.17) is 4.74 Å². The van der Waals surface area contributed by atoms with Gasteiger partial charge in [-0.2, -0.15) is 0 Å². The van der Waals surface area contributed by atoms with E-state index in [1.54, 1.807) is 31.3 Å². The summed E-state index contributed by atoms with van der Waals surface area (Å²) in [6.45, 7) is -0.121. The number of hydrogen-bond donors (Lipinski definition) is 2. The molecule has 0 atom stereocenters. The van der Waals surface area contributed by atoms with Gasteiger partial charge in [-0.15, -0.1) is 0 Å². The third-order valence-corrected chi connectivity index (χ3v) is 5.15. The molecule has 0 spiro atoms. The van der Waals surface area contributed by atoms with Gasteiger partial charge in [0.2, 0.25) is 0 Å². The fraction of sp³-hybridized carbons (Fsp3) is 0.400. The van der Waals surface area contributed by atoms with Crippen LogP contribution in [0.25, 0.3) is 0 Å². The maximum absolute atomic E-state index is 13.6. The number of rotatable bonds is 4. The van der Waals surface area contributed by atoms with Gasteiger partial charge in [0.05, 0.1) is 11.9 Å². The molecule has 2 N–H and O–H groups in total. The van der Waals surface area contributed by atoms with Crippen LogP contribution in [-0.4, -0.2) is 39.3 Å². The molecule has 1 aromatic carbocycles. The third kappa shape index (κ3) is 4.36. The Morgan fingerprint density at radius 1 is 1.30 bits per heavy atom. The number of aromatic nitrogens is 1. The second kappa shape index (κ2) is 7.92. The summed E-state index contributed by atoms with van der Waals surface area (Å²) in [5, 5.41) is 20.2. The van der Waals surface area contributed by atoms with Crippen LogP contribution in [-0.2, 0) is 16.9 Å². The zero-order valence-electron chi connectivity index (χ0n) is 15.1. The molecule has 0 radical (unpaired) electrons. The standard InChI is InChI=1S/C20H23FN2O4/c1-23(19(25)27-13-14-4-2-3-5-17(14)21)15-8-10-20(26,11-9-15)18-7-6-16(24)12-22-18/h2-7,12,15,24,26H,8-11,13H2,1H3. The summed E-state index contributed by atoms with van der Waals surface area (Å²) < 4.78 is 18.8. The molecule has 1 aliphatic carbocycles. The highest BCUT2D eigenvalue weighted by Gasteiger charge is 2.38. The van der Waals surface area contributed by atoms with Crippen molar-refractivity contribution < 1.29 is 24.1 Å². The molecule has 1 fully saturated rings. The van der Waals surface area contributed by atoms with Gasteiger partial charge in [0.15, 0.2) is 0 Å². The zero-order valence-corrected chi connectivity index (χ0v) is 15.1. The molecule has 7 heteroatoms. The minimum Gasteiger partial charge on any atom is -0.506 e. The molecule has 1 saturated carbocycles. The highest BCUT2D eigenvalue weighted by molar-refractivity contribution is 5.67. The Labute approximate surface area is 157 Å². The lowest BCUT2D eigenvalue weighted by Gasteiger charge is -2.38. The van der Waals surface area contributed by atoms with Crippen molar-refractivity contribution in [2.45, 2.75) is 43.9 Å². The second-order valence-corrected chi connectivity index (χ2v) is 6.92. The molecule has 2 aromatic rings. The van der Waals surface area contributed by atoms with E-state index in [9.17, 15) is 19.4 Å². The quantitative estimate of drug-likeness (QED) is 0.858. The Morgan fingerprint density at radius 3 is 2.63 bits per heavy atom. The number of aromatic hydroxyl groups is 1. The van der Waals surface area contributed by atoms with E-state index in [1.807, 2.05) is 0 Å². The molecule has 0 bridgehead atoms. The summed E-state index contributed by atoms with van der Waals surface area (Å²) in [6.07, 6.45) is 2.86. The van der Waals surface area contributed by atoms with E-state index in [-0.39, 0.29) is 18.4 Å². The predicted molar refractivity (Wildman–Crippen MR) is 96.4 cm³/mol. The van der Waals surface area contributed by atoms with Crippen LogP contribution in [0.15, 0.2) is 42.6 Å². The zero-order chi connectivity index (χ0) is 19.4. The molecule has 1 aromatic heterocycles. The first-order valence-electron chi connectivity index (χ1n) is 8.90. The number of amides is 1. The number of benzene rings is 1. The molecule has 3 rings (SSSR count). The van der Waals surface area contributed by atoms with E-state index < -0.39 is 17.5 Å². The van der Waals surface area contributed by atoms with Gasteiger partial charge < -0.3 is 19.8 Å². The molecule has 27 heavy (non-hydrogen) atoms. The maximum atomic E-state index is 13.6. The van der Waals surface area contributed by atoms with Gasteiger partial charge in [-0.1, -0.05) is 18.2 Å². The highest BCUT2D eigenvalue weighted by atomic mass is 19.1. The van der Waals surface area contributed by atoms with Gasteiger partial charge in [-0.05, 0) is 43.9 Å². The summed E-state index contributed by atoms with van der Waals surface area (Å²) in [6, 6.07) is 9.21. The van der Waals surface area contributed by atoms with Gasteiger partial charge in [0, 0.05) is 18.7 Å². The smallest absolute Gasteiger partial charge is 0.410 e. The number of aliphatic hydroxyl groups is 1. The lowest BCUT2D eigenvalue weighted by molar-refractivity contribution is -0.0255. The van der Waals surface area contributed by atoms with Crippen LogP contribution < -0.4 is 0 Å². The van der Waals surface area contributed by atoms with Crippen LogP contribution in [0, 0.1) is 5.82 Å². The molecule has 6 nitrogen and oxygen atoms in total. The minimum absolute atomic E-state index is 0.0494. The van der Waals surface area contributed by atoms with E-state index >= 15 is 0 Å². The fourth-order valence-corrected chi connectivity index (χ4v) is 3.39. The second-order valence-electron chi connectivity index (χ2n) is 6.92. The van der Waals surface area contributed by atoms with Crippen LogP contribution in [0.3, 0.4) is 0 Å². The Bertz CT molecular complexity index is 789. The summed E-state index contributed by atoms with van der Waals surface area (Å²) in [5.41, 5.74) is -0.221. The maximum Gasteiger partial charge on any atom is 0.410 e. The van der Waals surface area contributed by atoms with E-state index in [0.717, 1.165) is 0 Å². The van der Waals surface area contributed by atoms with Crippen molar-refractivity contribution in [2.75, 3.05) is 7.05 Å². The van der Waals surface area contributed by atoms with Gasteiger partial charge in [0.25, 0.3) is 0 Å². The summed E-state index contributed by atoms with van der Waals surface area (Å²) in [7, 11) is 1.65. The Kier molecular flexibility index (Phi) is 5.60. The van der Waals surface area contributed by atoms with E-state index in [2.05, 4.69) is 4.98 Å². The number of ether oxygens (including phenoxy) is 1. The molecule has 0 aliphatic heterocycles. The monoisotopic (exact) mass is 374 g/mol. The van der Waals surface area contributed by atoms with Crippen LogP contribution in [0.2, 0.25) is 0 Å². The lowest BCUT2D eigenvalue weighted by Crippen LogP contribution is -2.43. The normalized spacial score (nSPS) is 22.3. The molecule has 0 saturated heterocycles. The molecular weight excluding hydrogens is 351 g/mol. The van der Waals surface area contributed by atoms with Crippen molar-refractivity contribution >= 4 is 6.09 Å². The molecule has 1 amide bonds. The van der Waals surface area contributed by atoms with Crippen molar-refractivity contribution in [3.63, 3.8) is 0 Å². The first-order valence-corrected chi connectivity index (χ1v) is 8.90. The topological polar surface area (TPSA) is 82.9 Å². The average molecular weight is 374 g/mol.